The molecule has 9 heteroatoms. The number of fused-ring (bicyclic) bond motifs is 1. The van der Waals surface area contributed by atoms with E-state index in [0.29, 0.717) is 22.7 Å². The number of hydrogen-bond donors (Lipinski definition) is 6. The Morgan fingerprint density at radius 2 is 1.85 bits per heavy atom. The standard InChI is InChI=1S/C24H29N9/c1-15(2)16(12-25)11-22(26)33-23-5-4-20-21(32-23)10-17(13-30-20)19(14-28-3)24(27)31-18-6-8-29-9-7-18/h4-15,28H,25-26H2,1-3H3,(H,32,33)(H2,27,29,31)/b16-12+,19-14-,22-11+. The zero-order valence-corrected chi connectivity index (χ0v) is 18.9. The third kappa shape index (κ3) is 6.07. The van der Waals surface area contributed by atoms with Crippen LogP contribution in [0.2, 0.25) is 0 Å². The molecule has 9 nitrogen and oxygen atoms in total. The number of hydrogen-bond acceptors (Lipinski definition) is 8. The fourth-order valence-corrected chi connectivity index (χ4v) is 3.09. The number of amidine groups is 1. The van der Waals surface area contributed by atoms with Crippen LogP contribution in [0.4, 0.5) is 11.5 Å². The van der Waals surface area contributed by atoms with Crippen molar-refractivity contribution in [1.82, 2.24) is 20.3 Å². The van der Waals surface area contributed by atoms with Crippen LogP contribution in [0.25, 0.3) is 16.6 Å². The molecule has 0 aliphatic carbocycles. The summed E-state index contributed by atoms with van der Waals surface area (Å²) in [6, 6.07) is 9.16. The first-order valence-electron chi connectivity index (χ1n) is 10.5. The summed E-state index contributed by atoms with van der Waals surface area (Å²) in [7, 11) is 1.78. The third-order valence-corrected chi connectivity index (χ3v) is 4.81. The van der Waals surface area contributed by atoms with Gasteiger partial charge in [-0.15, -0.1) is 0 Å². The van der Waals surface area contributed by atoms with E-state index in [0.717, 1.165) is 22.3 Å². The number of nitrogens with two attached hydrogens (primary N) is 2. The molecule has 0 fully saturated rings. The normalized spacial score (nSPS) is 12.7. The fourth-order valence-electron chi connectivity index (χ4n) is 3.09. The molecular weight excluding hydrogens is 414 g/mol. The van der Waals surface area contributed by atoms with Crippen molar-refractivity contribution in [3.63, 3.8) is 0 Å². The van der Waals surface area contributed by atoms with Crippen molar-refractivity contribution >= 4 is 33.9 Å². The van der Waals surface area contributed by atoms with Crippen LogP contribution in [0.5, 0.6) is 0 Å². The van der Waals surface area contributed by atoms with E-state index in [2.05, 4.69) is 30.9 Å². The van der Waals surface area contributed by atoms with Gasteiger partial charge in [0.2, 0.25) is 0 Å². The van der Waals surface area contributed by atoms with Crippen LogP contribution >= 0.6 is 0 Å². The van der Waals surface area contributed by atoms with Crippen LogP contribution in [0, 0.1) is 11.3 Å². The maximum Gasteiger partial charge on any atom is 0.132 e. The largest absolute Gasteiger partial charge is 0.404 e. The Balaban J connectivity index is 1.89. The lowest BCUT2D eigenvalue weighted by Crippen LogP contribution is -2.15. The highest BCUT2D eigenvalue weighted by Gasteiger charge is 2.11. The molecule has 0 aromatic carbocycles. The highest BCUT2D eigenvalue weighted by atomic mass is 15.1. The van der Waals surface area contributed by atoms with Crippen LogP contribution in [-0.2, 0) is 0 Å². The molecule has 3 rings (SSSR count). The van der Waals surface area contributed by atoms with Crippen molar-refractivity contribution in [1.29, 1.82) is 5.41 Å². The molecule has 33 heavy (non-hydrogen) atoms. The molecule has 0 spiro atoms. The number of aromatic nitrogens is 3. The number of anilines is 2. The van der Waals surface area contributed by atoms with Gasteiger partial charge < -0.3 is 27.4 Å². The molecule has 3 aromatic heterocycles. The summed E-state index contributed by atoms with van der Waals surface area (Å²) in [5.74, 6) is 1.49. The summed E-state index contributed by atoms with van der Waals surface area (Å²) >= 11 is 0. The van der Waals surface area contributed by atoms with E-state index < -0.39 is 0 Å². The Morgan fingerprint density at radius 1 is 1.09 bits per heavy atom. The van der Waals surface area contributed by atoms with Crippen LogP contribution in [-0.4, -0.2) is 27.8 Å². The smallest absolute Gasteiger partial charge is 0.132 e. The molecule has 0 aliphatic rings. The average molecular weight is 444 g/mol. The van der Waals surface area contributed by atoms with Crippen molar-refractivity contribution in [2.45, 2.75) is 13.8 Å². The Labute approximate surface area is 193 Å². The molecule has 0 unspecified atom stereocenters. The molecule has 0 amide bonds. The number of rotatable bonds is 8. The van der Waals surface area contributed by atoms with Gasteiger partial charge in [0.05, 0.1) is 11.0 Å². The summed E-state index contributed by atoms with van der Waals surface area (Å²) in [6.07, 6.45) is 10.1. The summed E-state index contributed by atoms with van der Waals surface area (Å²) in [6.45, 7) is 4.09. The van der Waals surface area contributed by atoms with Crippen molar-refractivity contribution < 1.29 is 0 Å². The average Bonchev–Trinajstić information content (AvgIpc) is 2.81. The molecule has 0 atom stereocenters. The summed E-state index contributed by atoms with van der Waals surface area (Å²) in [5.41, 5.74) is 16.3. The van der Waals surface area contributed by atoms with E-state index >= 15 is 0 Å². The topological polar surface area (TPSA) is 151 Å². The monoisotopic (exact) mass is 443 g/mol. The summed E-state index contributed by atoms with van der Waals surface area (Å²) < 4.78 is 0. The second-order valence-corrected chi connectivity index (χ2v) is 7.59. The van der Waals surface area contributed by atoms with E-state index in [1.54, 1.807) is 56.2 Å². The third-order valence-electron chi connectivity index (χ3n) is 4.81. The lowest BCUT2D eigenvalue weighted by atomic mass is 10.0. The van der Waals surface area contributed by atoms with Crippen LogP contribution < -0.4 is 27.4 Å². The Kier molecular flexibility index (Phi) is 7.59. The van der Waals surface area contributed by atoms with E-state index in [1.807, 2.05) is 32.0 Å². The molecule has 3 aromatic rings. The zero-order chi connectivity index (χ0) is 23.8. The number of nitrogens with zero attached hydrogens (tertiary/aromatic N) is 3. The molecule has 0 radical (unpaired) electrons. The summed E-state index contributed by atoms with van der Waals surface area (Å²) in [5, 5.41) is 17.7. The fraction of sp³-hybridized carbons (Fsp3) is 0.167. The number of pyridine rings is 3. The van der Waals surface area contributed by atoms with Gasteiger partial charge in [-0.05, 0) is 54.1 Å². The van der Waals surface area contributed by atoms with Gasteiger partial charge in [0.25, 0.3) is 0 Å². The van der Waals surface area contributed by atoms with Crippen molar-refractivity contribution in [2.24, 2.45) is 17.4 Å². The highest BCUT2D eigenvalue weighted by molar-refractivity contribution is 6.26. The predicted molar refractivity (Wildman–Crippen MR) is 135 cm³/mol. The second-order valence-electron chi connectivity index (χ2n) is 7.59. The van der Waals surface area contributed by atoms with Crippen molar-refractivity contribution in [3.05, 3.63) is 84.4 Å². The van der Waals surface area contributed by atoms with Crippen LogP contribution in [0.15, 0.2) is 78.8 Å². The maximum absolute atomic E-state index is 8.55. The zero-order valence-electron chi connectivity index (χ0n) is 18.9. The lowest BCUT2D eigenvalue weighted by Gasteiger charge is -2.13. The van der Waals surface area contributed by atoms with E-state index in [1.165, 1.54) is 0 Å². The molecule has 0 bridgehead atoms. The first-order chi connectivity index (χ1) is 15.9. The molecule has 3 heterocycles. The van der Waals surface area contributed by atoms with Gasteiger partial charge in [-0.2, -0.15) is 0 Å². The summed E-state index contributed by atoms with van der Waals surface area (Å²) in [4.78, 5) is 13.2. The molecule has 0 aliphatic heterocycles. The molecule has 0 saturated carbocycles. The van der Waals surface area contributed by atoms with Crippen molar-refractivity contribution in [3.8, 4) is 0 Å². The highest BCUT2D eigenvalue weighted by Crippen LogP contribution is 2.22. The van der Waals surface area contributed by atoms with Gasteiger partial charge in [0, 0.05) is 48.7 Å². The Bertz CT molecular complexity index is 1210. The minimum Gasteiger partial charge on any atom is -0.404 e. The second kappa shape index (κ2) is 10.8. The Hall–Kier alpha value is -4.40. The molecule has 8 N–H and O–H groups in total. The Morgan fingerprint density at radius 3 is 2.52 bits per heavy atom. The van der Waals surface area contributed by atoms with Gasteiger partial charge in [-0.1, -0.05) is 13.8 Å². The number of nitrogens with one attached hydrogen (secondary N) is 4. The minimum atomic E-state index is 0.216. The molecule has 0 saturated heterocycles. The first-order valence-corrected chi connectivity index (χ1v) is 10.5. The van der Waals surface area contributed by atoms with Crippen LogP contribution in [0.3, 0.4) is 0 Å². The van der Waals surface area contributed by atoms with Gasteiger partial charge >= 0.3 is 0 Å². The quantitative estimate of drug-likeness (QED) is 0.176. The number of allylic oxidation sites excluding steroid dienone is 2. The van der Waals surface area contributed by atoms with E-state index in [-0.39, 0.29) is 11.8 Å². The van der Waals surface area contributed by atoms with E-state index in [4.69, 9.17) is 16.9 Å². The SMILES string of the molecule is CN/C=C(\C(=N)Nc1ccncc1)c1cnc2ccc(N/C(N)=C/C(=C\N)C(C)C)nc2c1. The lowest BCUT2D eigenvalue weighted by molar-refractivity contribution is 0.786. The predicted octanol–water partition coefficient (Wildman–Crippen LogP) is 3.39. The molecule has 170 valence electrons. The van der Waals surface area contributed by atoms with Gasteiger partial charge in [0.15, 0.2) is 0 Å². The molecular formula is C24H29N9. The van der Waals surface area contributed by atoms with Gasteiger partial charge in [-0.3, -0.25) is 15.4 Å². The van der Waals surface area contributed by atoms with Crippen LogP contribution in [0.1, 0.15) is 19.4 Å². The maximum atomic E-state index is 8.55. The minimum absolute atomic E-state index is 0.216. The van der Waals surface area contributed by atoms with Crippen molar-refractivity contribution in [2.75, 3.05) is 17.7 Å². The van der Waals surface area contributed by atoms with Gasteiger partial charge in [-0.25, -0.2) is 4.98 Å². The van der Waals surface area contributed by atoms with E-state index in [9.17, 15) is 0 Å². The first kappa shape index (κ1) is 23.3. The van der Waals surface area contributed by atoms with Gasteiger partial charge in [0.1, 0.15) is 17.5 Å².